The summed E-state index contributed by atoms with van der Waals surface area (Å²) in [6.07, 6.45) is 7.27. The molecule has 0 aromatic heterocycles. The van der Waals surface area contributed by atoms with E-state index in [2.05, 4.69) is 10.8 Å². The van der Waals surface area contributed by atoms with Crippen molar-refractivity contribution in [1.29, 1.82) is 0 Å². The van der Waals surface area contributed by atoms with Gasteiger partial charge in [-0.2, -0.15) is 0 Å². The Kier molecular flexibility index (Phi) is 6.09. The van der Waals surface area contributed by atoms with E-state index in [1.165, 1.54) is 37.8 Å². The Morgan fingerprint density at radius 3 is 2.38 bits per heavy atom. The van der Waals surface area contributed by atoms with Crippen molar-refractivity contribution < 1.29 is 27.0 Å². The zero-order valence-corrected chi connectivity index (χ0v) is 14.7. The van der Waals surface area contributed by atoms with Crippen LogP contribution in [0.15, 0.2) is 24.3 Å². The van der Waals surface area contributed by atoms with Gasteiger partial charge >= 0.3 is 6.36 Å². The SMILES string of the molecule is Fc1c(CC/C=C/C2CCCC2)ccc(OC2CCC2)c1OC(F)(F)F. The molecule has 2 fully saturated rings. The molecule has 2 aliphatic carbocycles. The topological polar surface area (TPSA) is 18.5 Å². The van der Waals surface area contributed by atoms with Gasteiger partial charge in [-0.25, -0.2) is 4.39 Å². The Balaban J connectivity index is 1.69. The Bertz CT molecular complexity index is 629. The Hall–Kier alpha value is -1.72. The van der Waals surface area contributed by atoms with Crippen molar-refractivity contribution in [3.8, 4) is 11.5 Å². The minimum Gasteiger partial charge on any atom is -0.486 e. The molecule has 0 radical (unpaired) electrons. The molecular weight excluding hydrogens is 348 g/mol. The highest BCUT2D eigenvalue weighted by Gasteiger charge is 2.35. The lowest BCUT2D eigenvalue weighted by Crippen LogP contribution is -2.26. The zero-order valence-electron chi connectivity index (χ0n) is 14.7. The first-order valence-corrected chi connectivity index (χ1v) is 9.33. The van der Waals surface area contributed by atoms with Crippen LogP contribution in [0.3, 0.4) is 0 Å². The number of rotatable bonds is 7. The molecule has 0 spiro atoms. The van der Waals surface area contributed by atoms with E-state index < -0.39 is 17.9 Å². The van der Waals surface area contributed by atoms with Crippen molar-refractivity contribution >= 4 is 0 Å². The van der Waals surface area contributed by atoms with Gasteiger partial charge in [0.15, 0.2) is 11.6 Å². The van der Waals surface area contributed by atoms with E-state index in [0.29, 0.717) is 18.8 Å². The fourth-order valence-electron chi connectivity index (χ4n) is 3.42. The maximum atomic E-state index is 14.6. The summed E-state index contributed by atoms with van der Waals surface area (Å²) in [7, 11) is 0. The fourth-order valence-corrected chi connectivity index (χ4v) is 3.42. The summed E-state index contributed by atoms with van der Waals surface area (Å²) in [6, 6.07) is 2.88. The molecule has 2 nitrogen and oxygen atoms in total. The van der Waals surface area contributed by atoms with Crippen molar-refractivity contribution in [2.75, 3.05) is 0 Å². The smallest absolute Gasteiger partial charge is 0.486 e. The quantitative estimate of drug-likeness (QED) is 0.411. The number of benzene rings is 1. The molecule has 0 amide bonds. The van der Waals surface area contributed by atoms with Crippen molar-refractivity contribution in [3.63, 3.8) is 0 Å². The third-order valence-corrected chi connectivity index (χ3v) is 5.09. The molecule has 0 heterocycles. The highest BCUT2D eigenvalue weighted by atomic mass is 19.4. The Morgan fingerprint density at radius 2 is 1.77 bits per heavy atom. The number of hydrogen-bond donors (Lipinski definition) is 0. The van der Waals surface area contributed by atoms with Crippen LogP contribution in [0.2, 0.25) is 0 Å². The summed E-state index contributed by atoms with van der Waals surface area (Å²) < 4.78 is 62.1. The summed E-state index contributed by atoms with van der Waals surface area (Å²) in [5.41, 5.74) is 0.210. The van der Waals surface area contributed by atoms with E-state index in [0.717, 1.165) is 19.3 Å². The molecule has 6 heteroatoms. The van der Waals surface area contributed by atoms with Crippen molar-refractivity contribution in [2.24, 2.45) is 5.92 Å². The Labute approximate surface area is 151 Å². The van der Waals surface area contributed by atoms with Crippen LogP contribution in [0.4, 0.5) is 17.6 Å². The maximum Gasteiger partial charge on any atom is 0.573 e. The molecule has 0 atom stereocenters. The van der Waals surface area contributed by atoms with E-state index in [1.807, 2.05) is 6.08 Å². The average Bonchev–Trinajstić information content (AvgIpc) is 3.04. The average molecular weight is 372 g/mol. The molecule has 1 aromatic carbocycles. The van der Waals surface area contributed by atoms with Gasteiger partial charge in [-0.15, -0.1) is 13.2 Å². The van der Waals surface area contributed by atoms with E-state index in [-0.39, 0.29) is 17.4 Å². The number of hydrogen-bond acceptors (Lipinski definition) is 2. The maximum absolute atomic E-state index is 14.6. The molecule has 26 heavy (non-hydrogen) atoms. The number of ether oxygens (including phenoxy) is 2. The second-order valence-corrected chi connectivity index (χ2v) is 7.10. The normalized spacial score (nSPS) is 19.1. The lowest BCUT2D eigenvalue weighted by atomic mass is 9.96. The largest absolute Gasteiger partial charge is 0.573 e. The first-order chi connectivity index (χ1) is 12.4. The lowest BCUT2D eigenvalue weighted by molar-refractivity contribution is -0.276. The molecule has 0 bridgehead atoms. The summed E-state index contributed by atoms with van der Waals surface area (Å²) in [5, 5.41) is 0. The molecule has 0 aliphatic heterocycles. The van der Waals surface area contributed by atoms with E-state index in [4.69, 9.17) is 4.74 Å². The minimum atomic E-state index is -4.96. The summed E-state index contributed by atoms with van der Waals surface area (Å²) in [4.78, 5) is 0. The van der Waals surface area contributed by atoms with Gasteiger partial charge in [0.2, 0.25) is 5.75 Å². The first-order valence-electron chi connectivity index (χ1n) is 9.33. The van der Waals surface area contributed by atoms with Gasteiger partial charge in [0, 0.05) is 0 Å². The van der Waals surface area contributed by atoms with Gasteiger partial charge in [-0.3, -0.25) is 0 Å². The van der Waals surface area contributed by atoms with Crippen molar-refractivity contribution in [3.05, 3.63) is 35.7 Å². The van der Waals surface area contributed by atoms with Gasteiger partial charge in [0.05, 0.1) is 6.10 Å². The standard InChI is InChI=1S/C20H24F4O2/c21-18-15(9-4-3-8-14-6-1-2-7-14)12-13-17(25-16-10-5-11-16)19(18)26-20(22,23)24/h3,8,12-14,16H,1-2,4-7,9-11H2/b8-3+. The molecule has 0 N–H and O–H groups in total. The van der Waals surface area contributed by atoms with E-state index >= 15 is 0 Å². The predicted octanol–water partition coefficient (Wildman–Crippen LogP) is 6.33. The van der Waals surface area contributed by atoms with E-state index in [9.17, 15) is 17.6 Å². The number of aryl methyl sites for hydroxylation is 1. The predicted molar refractivity (Wildman–Crippen MR) is 90.8 cm³/mol. The fraction of sp³-hybridized carbons (Fsp3) is 0.600. The Morgan fingerprint density at radius 1 is 1.04 bits per heavy atom. The third kappa shape index (κ3) is 5.15. The molecular formula is C20H24F4O2. The second-order valence-electron chi connectivity index (χ2n) is 7.10. The van der Waals surface area contributed by atoms with Crippen LogP contribution >= 0.6 is 0 Å². The van der Waals surface area contributed by atoms with Crippen LogP contribution in [0.5, 0.6) is 11.5 Å². The van der Waals surface area contributed by atoms with Crippen molar-refractivity contribution in [1.82, 2.24) is 0 Å². The highest BCUT2D eigenvalue weighted by molar-refractivity contribution is 5.45. The van der Waals surface area contributed by atoms with Crippen LogP contribution in [-0.4, -0.2) is 12.5 Å². The second kappa shape index (κ2) is 8.31. The van der Waals surface area contributed by atoms with Gasteiger partial charge < -0.3 is 9.47 Å². The monoisotopic (exact) mass is 372 g/mol. The molecule has 3 rings (SSSR count). The number of halogens is 4. The van der Waals surface area contributed by atoms with Crippen LogP contribution in [0.1, 0.15) is 56.9 Å². The van der Waals surface area contributed by atoms with Crippen LogP contribution < -0.4 is 9.47 Å². The summed E-state index contributed by atoms with van der Waals surface area (Å²) >= 11 is 0. The zero-order chi connectivity index (χ0) is 18.6. The van der Waals surface area contributed by atoms with Crippen molar-refractivity contribution in [2.45, 2.75) is 70.3 Å². The molecule has 2 aliphatic rings. The van der Waals surface area contributed by atoms with E-state index in [1.54, 1.807) is 0 Å². The van der Waals surface area contributed by atoms with Gasteiger partial charge in [0.1, 0.15) is 0 Å². The number of allylic oxidation sites excluding steroid dienone is 2. The molecule has 0 saturated heterocycles. The first kappa shape index (κ1) is 19.1. The van der Waals surface area contributed by atoms with Crippen LogP contribution in [0, 0.1) is 11.7 Å². The van der Waals surface area contributed by atoms with Crippen LogP contribution in [0.25, 0.3) is 0 Å². The van der Waals surface area contributed by atoms with Gasteiger partial charge in [-0.05, 0) is 62.5 Å². The van der Waals surface area contributed by atoms with Crippen LogP contribution in [-0.2, 0) is 6.42 Å². The summed E-state index contributed by atoms with van der Waals surface area (Å²) in [5.74, 6) is -1.41. The third-order valence-electron chi connectivity index (χ3n) is 5.09. The highest BCUT2D eigenvalue weighted by Crippen LogP contribution is 2.39. The molecule has 1 aromatic rings. The molecule has 2 saturated carbocycles. The number of alkyl halides is 3. The minimum absolute atomic E-state index is 0.162. The lowest BCUT2D eigenvalue weighted by Gasteiger charge is -2.27. The van der Waals surface area contributed by atoms with Gasteiger partial charge in [-0.1, -0.05) is 31.1 Å². The summed E-state index contributed by atoms with van der Waals surface area (Å²) in [6.45, 7) is 0. The molecule has 144 valence electrons. The molecule has 0 unspecified atom stereocenters. The van der Waals surface area contributed by atoms with Gasteiger partial charge in [0.25, 0.3) is 0 Å².